The highest BCUT2D eigenvalue weighted by Gasteiger charge is 2.33. The smallest absolute Gasteiger partial charge is 0.317 e. The summed E-state index contributed by atoms with van der Waals surface area (Å²) in [5.74, 6) is 1.23. The molecule has 2 atom stereocenters. The zero-order valence-corrected chi connectivity index (χ0v) is 13.7. The molecule has 5 heteroatoms. The lowest BCUT2D eigenvalue weighted by molar-refractivity contribution is 0.170. The number of hydrogen-bond donors (Lipinski definition) is 1. The van der Waals surface area contributed by atoms with Gasteiger partial charge >= 0.3 is 6.03 Å². The van der Waals surface area contributed by atoms with Crippen LogP contribution >= 0.6 is 11.6 Å². The van der Waals surface area contributed by atoms with Crippen LogP contribution in [0.4, 0.5) is 4.79 Å². The average Bonchev–Trinajstić information content (AvgIpc) is 3.18. The maximum absolute atomic E-state index is 12.3. The fourth-order valence-electron chi connectivity index (χ4n) is 3.39. The summed E-state index contributed by atoms with van der Waals surface area (Å²) in [6.07, 6.45) is 2.24. The van der Waals surface area contributed by atoms with E-state index in [-0.39, 0.29) is 6.03 Å². The third kappa shape index (κ3) is 3.55. The van der Waals surface area contributed by atoms with Crippen molar-refractivity contribution >= 4 is 17.6 Å². The van der Waals surface area contributed by atoms with E-state index in [9.17, 15) is 4.79 Å². The van der Waals surface area contributed by atoms with Crippen LogP contribution in [0.5, 0.6) is 0 Å². The highest BCUT2D eigenvalue weighted by Crippen LogP contribution is 2.29. The third-order valence-corrected chi connectivity index (χ3v) is 5.12. The Kier molecular flexibility index (Phi) is 4.89. The quantitative estimate of drug-likeness (QED) is 0.928. The van der Waals surface area contributed by atoms with Crippen molar-refractivity contribution in [1.82, 2.24) is 10.2 Å². The van der Waals surface area contributed by atoms with Gasteiger partial charge in [0, 0.05) is 37.9 Å². The van der Waals surface area contributed by atoms with E-state index in [0.717, 1.165) is 50.3 Å². The van der Waals surface area contributed by atoms with E-state index >= 15 is 0 Å². The SMILES string of the molecule is Cc1ccc(Cl)cc1CNC(=O)N1CCC(C2CCOC2)C1. The van der Waals surface area contributed by atoms with Gasteiger partial charge in [0.25, 0.3) is 0 Å². The lowest BCUT2D eigenvalue weighted by Crippen LogP contribution is -2.38. The molecule has 22 heavy (non-hydrogen) atoms. The maximum atomic E-state index is 12.3. The molecular weight excluding hydrogens is 300 g/mol. The van der Waals surface area contributed by atoms with Gasteiger partial charge in [0.15, 0.2) is 0 Å². The van der Waals surface area contributed by atoms with Crippen molar-refractivity contribution in [3.05, 3.63) is 34.3 Å². The Hall–Kier alpha value is -1.26. The number of rotatable bonds is 3. The number of nitrogens with zero attached hydrogens (tertiary/aromatic N) is 1. The number of ether oxygens (including phenoxy) is 1. The Labute approximate surface area is 136 Å². The van der Waals surface area contributed by atoms with E-state index in [1.165, 1.54) is 0 Å². The second-order valence-electron chi connectivity index (χ2n) is 6.35. The van der Waals surface area contributed by atoms with E-state index in [2.05, 4.69) is 5.32 Å². The standard InChI is InChI=1S/C17H23ClN2O2/c1-12-2-3-16(18)8-15(12)9-19-17(21)20-6-4-13(10-20)14-5-7-22-11-14/h2-3,8,13-14H,4-7,9-11H2,1H3,(H,19,21). The van der Waals surface area contributed by atoms with E-state index in [1.807, 2.05) is 30.0 Å². The van der Waals surface area contributed by atoms with Gasteiger partial charge in [-0.3, -0.25) is 0 Å². The summed E-state index contributed by atoms with van der Waals surface area (Å²) in [6, 6.07) is 5.80. The van der Waals surface area contributed by atoms with Crippen LogP contribution in [0.25, 0.3) is 0 Å². The van der Waals surface area contributed by atoms with E-state index in [0.29, 0.717) is 23.4 Å². The van der Waals surface area contributed by atoms with Crippen LogP contribution in [-0.4, -0.2) is 37.2 Å². The van der Waals surface area contributed by atoms with Crippen LogP contribution in [0.2, 0.25) is 5.02 Å². The molecule has 2 unspecified atom stereocenters. The number of hydrogen-bond acceptors (Lipinski definition) is 2. The largest absolute Gasteiger partial charge is 0.381 e. The topological polar surface area (TPSA) is 41.6 Å². The molecule has 1 aromatic rings. The summed E-state index contributed by atoms with van der Waals surface area (Å²) >= 11 is 6.02. The molecule has 0 saturated carbocycles. The maximum Gasteiger partial charge on any atom is 0.317 e. The minimum absolute atomic E-state index is 0.0285. The van der Waals surface area contributed by atoms with E-state index in [1.54, 1.807) is 0 Å². The number of benzene rings is 1. The van der Waals surface area contributed by atoms with Crippen LogP contribution in [-0.2, 0) is 11.3 Å². The first-order valence-electron chi connectivity index (χ1n) is 7.99. The van der Waals surface area contributed by atoms with Crippen LogP contribution in [0.3, 0.4) is 0 Å². The fourth-order valence-corrected chi connectivity index (χ4v) is 3.59. The number of urea groups is 1. The number of halogens is 1. The molecule has 0 spiro atoms. The van der Waals surface area contributed by atoms with Crippen molar-refractivity contribution in [1.29, 1.82) is 0 Å². The van der Waals surface area contributed by atoms with Crippen molar-refractivity contribution in [3.8, 4) is 0 Å². The predicted octanol–water partition coefficient (Wildman–Crippen LogP) is 3.22. The van der Waals surface area contributed by atoms with Crippen molar-refractivity contribution in [2.45, 2.75) is 26.3 Å². The van der Waals surface area contributed by atoms with Crippen molar-refractivity contribution in [3.63, 3.8) is 0 Å². The van der Waals surface area contributed by atoms with Crippen LogP contribution < -0.4 is 5.32 Å². The highest BCUT2D eigenvalue weighted by atomic mass is 35.5. The molecule has 0 aromatic heterocycles. The Morgan fingerprint density at radius 1 is 1.41 bits per heavy atom. The Morgan fingerprint density at radius 3 is 3.05 bits per heavy atom. The van der Waals surface area contributed by atoms with Crippen molar-refractivity contribution in [2.24, 2.45) is 11.8 Å². The van der Waals surface area contributed by atoms with Crippen molar-refractivity contribution < 1.29 is 9.53 Å². The Balaban J connectivity index is 1.51. The summed E-state index contributed by atoms with van der Waals surface area (Å²) in [4.78, 5) is 14.3. The average molecular weight is 323 g/mol. The lowest BCUT2D eigenvalue weighted by atomic mass is 9.91. The monoisotopic (exact) mass is 322 g/mol. The van der Waals surface area contributed by atoms with Crippen LogP contribution in [0.15, 0.2) is 18.2 Å². The fraction of sp³-hybridized carbons (Fsp3) is 0.588. The summed E-state index contributed by atoms with van der Waals surface area (Å²) in [6.45, 7) is 6.00. The number of carbonyl (C=O) groups excluding carboxylic acids is 1. The van der Waals surface area contributed by atoms with Gasteiger partial charge < -0.3 is 15.0 Å². The molecule has 2 heterocycles. The van der Waals surface area contributed by atoms with Gasteiger partial charge in [0.1, 0.15) is 0 Å². The minimum Gasteiger partial charge on any atom is -0.381 e. The number of likely N-dealkylation sites (tertiary alicyclic amines) is 1. The molecule has 4 nitrogen and oxygen atoms in total. The first-order valence-corrected chi connectivity index (χ1v) is 8.37. The second-order valence-corrected chi connectivity index (χ2v) is 6.78. The molecule has 2 amide bonds. The van der Waals surface area contributed by atoms with Gasteiger partial charge in [0.2, 0.25) is 0 Å². The molecule has 2 aliphatic rings. The zero-order chi connectivity index (χ0) is 15.5. The number of nitrogens with one attached hydrogen (secondary N) is 1. The normalized spacial score (nSPS) is 24.7. The number of carbonyl (C=O) groups is 1. The molecule has 0 radical (unpaired) electrons. The summed E-state index contributed by atoms with van der Waals surface area (Å²) in [5, 5.41) is 3.72. The number of amides is 2. The third-order valence-electron chi connectivity index (χ3n) is 4.88. The summed E-state index contributed by atoms with van der Waals surface area (Å²) < 4.78 is 5.46. The van der Waals surface area contributed by atoms with Crippen LogP contribution in [0.1, 0.15) is 24.0 Å². The molecule has 3 rings (SSSR count). The Morgan fingerprint density at radius 2 is 2.27 bits per heavy atom. The molecule has 0 bridgehead atoms. The molecule has 2 saturated heterocycles. The molecular formula is C17H23ClN2O2. The van der Waals surface area contributed by atoms with E-state index in [4.69, 9.17) is 16.3 Å². The van der Waals surface area contributed by atoms with E-state index < -0.39 is 0 Å². The minimum atomic E-state index is 0.0285. The van der Waals surface area contributed by atoms with Gasteiger partial charge in [-0.2, -0.15) is 0 Å². The molecule has 120 valence electrons. The summed E-state index contributed by atoms with van der Waals surface area (Å²) in [5.41, 5.74) is 2.22. The molecule has 1 N–H and O–H groups in total. The molecule has 0 aliphatic carbocycles. The van der Waals surface area contributed by atoms with Gasteiger partial charge in [-0.15, -0.1) is 0 Å². The zero-order valence-electron chi connectivity index (χ0n) is 13.0. The van der Waals surface area contributed by atoms with Gasteiger partial charge in [-0.1, -0.05) is 17.7 Å². The predicted molar refractivity (Wildman–Crippen MR) is 87.0 cm³/mol. The van der Waals surface area contributed by atoms with Gasteiger partial charge in [0.05, 0.1) is 0 Å². The Bertz CT molecular complexity index is 543. The van der Waals surface area contributed by atoms with Gasteiger partial charge in [-0.25, -0.2) is 4.79 Å². The van der Waals surface area contributed by atoms with Crippen molar-refractivity contribution in [2.75, 3.05) is 26.3 Å². The lowest BCUT2D eigenvalue weighted by Gasteiger charge is -2.20. The first kappa shape index (κ1) is 15.6. The molecule has 1 aromatic carbocycles. The number of aryl methyl sites for hydroxylation is 1. The molecule has 2 aliphatic heterocycles. The first-order chi connectivity index (χ1) is 10.6. The molecule has 2 fully saturated rings. The summed E-state index contributed by atoms with van der Waals surface area (Å²) in [7, 11) is 0. The van der Waals surface area contributed by atoms with Crippen LogP contribution in [0, 0.1) is 18.8 Å². The highest BCUT2D eigenvalue weighted by molar-refractivity contribution is 6.30. The second kappa shape index (κ2) is 6.88. The van der Waals surface area contributed by atoms with Gasteiger partial charge in [-0.05, 0) is 54.9 Å².